The summed E-state index contributed by atoms with van der Waals surface area (Å²) in [6.07, 6.45) is 0. The molecule has 2 N–H and O–H groups in total. The molecular formula is C9H6ClN3O. The van der Waals surface area contributed by atoms with E-state index < -0.39 is 6.04 Å². The summed E-state index contributed by atoms with van der Waals surface area (Å²) < 4.78 is 5.26. The van der Waals surface area contributed by atoms with Gasteiger partial charge in [-0.2, -0.15) is 5.26 Å². The van der Waals surface area contributed by atoms with Gasteiger partial charge in [0, 0.05) is 0 Å². The van der Waals surface area contributed by atoms with Crippen LogP contribution in [0, 0.1) is 11.3 Å². The molecule has 0 aliphatic carbocycles. The van der Waals surface area contributed by atoms with E-state index in [1.165, 1.54) is 0 Å². The SMILES string of the molecule is N#CC(N)c1nc2cccc(Cl)c2o1. The van der Waals surface area contributed by atoms with E-state index >= 15 is 0 Å². The zero-order chi connectivity index (χ0) is 10.1. The van der Waals surface area contributed by atoms with Crippen LogP contribution in [0.2, 0.25) is 5.02 Å². The van der Waals surface area contributed by atoms with Crippen LogP contribution in [-0.2, 0) is 0 Å². The first-order chi connectivity index (χ1) is 6.72. The number of nitrogens with two attached hydrogens (primary N) is 1. The smallest absolute Gasteiger partial charge is 0.227 e. The average Bonchev–Trinajstić information content (AvgIpc) is 2.62. The summed E-state index contributed by atoms with van der Waals surface area (Å²) in [7, 11) is 0. The molecule has 2 aromatic rings. The van der Waals surface area contributed by atoms with Gasteiger partial charge in [0.05, 0.1) is 11.1 Å². The molecule has 0 fully saturated rings. The Morgan fingerprint density at radius 1 is 1.57 bits per heavy atom. The number of para-hydroxylation sites is 1. The maximum absolute atomic E-state index is 8.57. The molecule has 0 radical (unpaired) electrons. The van der Waals surface area contributed by atoms with Gasteiger partial charge in [0.15, 0.2) is 11.6 Å². The molecule has 0 bridgehead atoms. The summed E-state index contributed by atoms with van der Waals surface area (Å²) in [6.45, 7) is 0. The third kappa shape index (κ3) is 1.33. The van der Waals surface area contributed by atoms with Crippen LogP contribution >= 0.6 is 11.6 Å². The fourth-order valence-corrected chi connectivity index (χ4v) is 1.33. The van der Waals surface area contributed by atoms with Crippen molar-refractivity contribution in [1.82, 2.24) is 4.98 Å². The molecule has 1 atom stereocenters. The van der Waals surface area contributed by atoms with Crippen molar-refractivity contribution in [3.63, 3.8) is 0 Å². The lowest BCUT2D eigenvalue weighted by molar-refractivity contribution is 0.514. The van der Waals surface area contributed by atoms with Gasteiger partial charge in [0.2, 0.25) is 5.89 Å². The van der Waals surface area contributed by atoms with Gasteiger partial charge in [-0.1, -0.05) is 17.7 Å². The molecule has 1 unspecified atom stereocenters. The minimum Gasteiger partial charge on any atom is -0.436 e. The fraction of sp³-hybridized carbons (Fsp3) is 0.111. The van der Waals surface area contributed by atoms with Crippen molar-refractivity contribution in [3.05, 3.63) is 29.1 Å². The Kier molecular flexibility index (Phi) is 2.12. The summed E-state index contributed by atoms with van der Waals surface area (Å²) in [4.78, 5) is 4.05. The molecule has 1 heterocycles. The van der Waals surface area contributed by atoms with E-state index in [4.69, 9.17) is 27.0 Å². The number of hydrogen-bond donors (Lipinski definition) is 1. The quantitative estimate of drug-likeness (QED) is 0.776. The number of nitrogens with zero attached hydrogens (tertiary/aromatic N) is 2. The highest BCUT2D eigenvalue weighted by Crippen LogP contribution is 2.25. The Morgan fingerprint density at radius 2 is 2.36 bits per heavy atom. The monoisotopic (exact) mass is 207 g/mol. The first-order valence-corrected chi connectivity index (χ1v) is 4.30. The van der Waals surface area contributed by atoms with Crippen molar-refractivity contribution >= 4 is 22.7 Å². The molecule has 0 amide bonds. The lowest BCUT2D eigenvalue weighted by Gasteiger charge is -1.92. The van der Waals surface area contributed by atoms with Gasteiger partial charge in [0.25, 0.3) is 0 Å². The van der Waals surface area contributed by atoms with Crippen molar-refractivity contribution in [2.24, 2.45) is 5.73 Å². The minimum atomic E-state index is -0.849. The maximum atomic E-state index is 8.57. The molecule has 5 heteroatoms. The number of nitriles is 1. The van der Waals surface area contributed by atoms with Crippen molar-refractivity contribution in [2.75, 3.05) is 0 Å². The highest BCUT2D eigenvalue weighted by molar-refractivity contribution is 6.34. The first-order valence-electron chi connectivity index (χ1n) is 3.92. The Bertz CT molecular complexity index is 514. The Balaban J connectivity index is 2.64. The molecule has 1 aromatic heterocycles. The number of oxazole rings is 1. The van der Waals surface area contributed by atoms with Gasteiger partial charge >= 0.3 is 0 Å². The number of rotatable bonds is 1. The summed E-state index contributed by atoms with van der Waals surface area (Å²) in [5.74, 6) is 0.190. The minimum absolute atomic E-state index is 0.190. The number of benzene rings is 1. The van der Waals surface area contributed by atoms with E-state index in [2.05, 4.69) is 4.98 Å². The van der Waals surface area contributed by atoms with Crippen LogP contribution < -0.4 is 5.73 Å². The number of hydrogen-bond acceptors (Lipinski definition) is 4. The Labute approximate surface area is 84.9 Å². The molecule has 0 saturated heterocycles. The fourth-order valence-electron chi connectivity index (χ4n) is 1.12. The molecule has 0 spiro atoms. The second kappa shape index (κ2) is 3.29. The molecule has 2 rings (SSSR count). The molecule has 0 aliphatic heterocycles. The molecule has 1 aromatic carbocycles. The van der Waals surface area contributed by atoms with E-state index in [0.29, 0.717) is 16.1 Å². The second-order valence-corrected chi connectivity index (χ2v) is 3.15. The highest BCUT2D eigenvalue weighted by Gasteiger charge is 2.14. The van der Waals surface area contributed by atoms with Gasteiger partial charge in [-0.3, -0.25) is 0 Å². The van der Waals surface area contributed by atoms with Crippen LogP contribution in [0.4, 0.5) is 0 Å². The summed E-state index contributed by atoms with van der Waals surface area (Å²) in [6, 6.07) is 6.19. The van der Waals surface area contributed by atoms with Gasteiger partial charge in [-0.05, 0) is 12.1 Å². The lowest BCUT2D eigenvalue weighted by atomic mass is 10.3. The van der Waals surface area contributed by atoms with Crippen molar-refractivity contribution in [3.8, 4) is 6.07 Å². The first kappa shape index (κ1) is 9.00. The van der Waals surface area contributed by atoms with Gasteiger partial charge in [-0.15, -0.1) is 0 Å². The van der Waals surface area contributed by atoms with Crippen molar-refractivity contribution in [2.45, 2.75) is 6.04 Å². The van der Waals surface area contributed by atoms with Crippen LogP contribution in [0.1, 0.15) is 11.9 Å². The van der Waals surface area contributed by atoms with Crippen LogP contribution in [0.25, 0.3) is 11.1 Å². The van der Waals surface area contributed by atoms with Gasteiger partial charge < -0.3 is 10.2 Å². The standard InChI is InChI=1S/C9H6ClN3O/c10-5-2-1-3-7-8(5)14-9(13-7)6(12)4-11/h1-3,6H,12H2. The van der Waals surface area contributed by atoms with Crippen LogP contribution in [-0.4, -0.2) is 4.98 Å². The molecular weight excluding hydrogens is 202 g/mol. The van der Waals surface area contributed by atoms with E-state index in [1.807, 2.05) is 6.07 Å². The summed E-state index contributed by atoms with van der Waals surface area (Å²) in [5, 5.41) is 9.04. The molecule has 70 valence electrons. The van der Waals surface area contributed by atoms with Gasteiger partial charge in [-0.25, -0.2) is 4.98 Å². The Hall–Kier alpha value is -1.57. The van der Waals surface area contributed by atoms with E-state index in [0.717, 1.165) is 0 Å². The average molecular weight is 208 g/mol. The normalized spacial score (nSPS) is 12.6. The van der Waals surface area contributed by atoms with Crippen molar-refractivity contribution in [1.29, 1.82) is 5.26 Å². The second-order valence-electron chi connectivity index (χ2n) is 2.75. The zero-order valence-corrected chi connectivity index (χ0v) is 7.82. The van der Waals surface area contributed by atoms with Crippen LogP contribution in [0.3, 0.4) is 0 Å². The molecule has 14 heavy (non-hydrogen) atoms. The summed E-state index contributed by atoms with van der Waals surface area (Å²) in [5.41, 5.74) is 6.52. The van der Waals surface area contributed by atoms with E-state index in [-0.39, 0.29) is 5.89 Å². The topological polar surface area (TPSA) is 75.8 Å². The van der Waals surface area contributed by atoms with Crippen molar-refractivity contribution < 1.29 is 4.42 Å². The zero-order valence-electron chi connectivity index (χ0n) is 7.07. The molecule has 0 aliphatic rings. The maximum Gasteiger partial charge on any atom is 0.227 e. The van der Waals surface area contributed by atoms with E-state index in [1.54, 1.807) is 18.2 Å². The predicted molar refractivity (Wildman–Crippen MR) is 51.6 cm³/mol. The lowest BCUT2D eigenvalue weighted by Crippen LogP contribution is -2.06. The molecule has 4 nitrogen and oxygen atoms in total. The van der Waals surface area contributed by atoms with E-state index in [9.17, 15) is 0 Å². The highest BCUT2D eigenvalue weighted by atomic mass is 35.5. The summed E-state index contributed by atoms with van der Waals surface area (Å²) >= 11 is 5.86. The number of halogens is 1. The number of fused-ring (bicyclic) bond motifs is 1. The molecule has 0 saturated carbocycles. The Morgan fingerprint density at radius 3 is 3.00 bits per heavy atom. The largest absolute Gasteiger partial charge is 0.436 e. The third-order valence-corrected chi connectivity index (χ3v) is 2.09. The number of aromatic nitrogens is 1. The van der Waals surface area contributed by atoms with Gasteiger partial charge in [0.1, 0.15) is 5.52 Å². The van der Waals surface area contributed by atoms with Crippen LogP contribution in [0.15, 0.2) is 22.6 Å². The third-order valence-electron chi connectivity index (χ3n) is 1.79. The van der Waals surface area contributed by atoms with Crippen LogP contribution in [0.5, 0.6) is 0 Å². The predicted octanol–water partition coefficient (Wildman–Crippen LogP) is 2.00.